The summed E-state index contributed by atoms with van der Waals surface area (Å²) < 4.78 is 6.21. The average molecular weight is 466 g/mol. The van der Waals surface area contributed by atoms with Crippen LogP contribution in [0.4, 0.5) is 0 Å². The van der Waals surface area contributed by atoms with Crippen molar-refractivity contribution in [2.75, 3.05) is 39.4 Å². The van der Waals surface area contributed by atoms with Crippen molar-refractivity contribution in [3.8, 4) is 5.75 Å². The molecular formula is C22H28ClN3O4S. The lowest BCUT2D eigenvalue weighted by molar-refractivity contribution is 0.131. The lowest BCUT2D eigenvalue weighted by Gasteiger charge is -2.13. The van der Waals surface area contributed by atoms with Crippen molar-refractivity contribution in [2.45, 2.75) is 18.9 Å². The van der Waals surface area contributed by atoms with E-state index in [1.54, 1.807) is 6.07 Å². The highest BCUT2D eigenvalue weighted by Crippen LogP contribution is 2.31. The lowest BCUT2D eigenvalue weighted by atomic mass is 10.1. The molecule has 9 heteroatoms. The van der Waals surface area contributed by atoms with E-state index in [-0.39, 0.29) is 10.6 Å². The van der Waals surface area contributed by atoms with E-state index >= 15 is 0 Å². The molecule has 0 saturated carbocycles. The Kier molecular flexibility index (Phi) is 9.32. The molecule has 0 amide bonds. The quantitative estimate of drug-likeness (QED) is 0.248. The van der Waals surface area contributed by atoms with Gasteiger partial charge in [0, 0.05) is 30.3 Å². The van der Waals surface area contributed by atoms with Crippen LogP contribution < -0.4 is 15.5 Å². The molecule has 3 aromatic rings. The molecule has 2 aromatic carbocycles. The SMILES string of the molecule is O=c1[nH]c2c(O)ccc([C@@H](O)CNCCCOCCNCCc3cccc(Cl)c3)c2s1. The van der Waals surface area contributed by atoms with Crippen LogP contribution in [0.1, 0.15) is 23.7 Å². The van der Waals surface area contributed by atoms with Gasteiger partial charge >= 0.3 is 4.87 Å². The minimum absolute atomic E-state index is 0.00774. The summed E-state index contributed by atoms with van der Waals surface area (Å²) in [6, 6.07) is 11.0. The van der Waals surface area contributed by atoms with Gasteiger partial charge in [0.15, 0.2) is 0 Å². The third-order valence-corrected chi connectivity index (χ3v) is 6.00. The summed E-state index contributed by atoms with van der Waals surface area (Å²) in [5.41, 5.74) is 2.22. The molecule has 0 bridgehead atoms. The van der Waals surface area contributed by atoms with Crippen LogP contribution in [0, 0.1) is 0 Å². The van der Waals surface area contributed by atoms with E-state index < -0.39 is 6.10 Å². The lowest BCUT2D eigenvalue weighted by Crippen LogP contribution is -2.25. The number of thiazole rings is 1. The fraction of sp³-hybridized carbons (Fsp3) is 0.409. The molecule has 0 aliphatic carbocycles. The zero-order valence-corrected chi connectivity index (χ0v) is 18.8. The smallest absolute Gasteiger partial charge is 0.305 e. The zero-order valence-electron chi connectivity index (χ0n) is 17.2. The highest BCUT2D eigenvalue weighted by molar-refractivity contribution is 7.16. The number of phenols is 1. The number of fused-ring (bicyclic) bond motifs is 1. The van der Waals surface area contributed by atoms with Gasteiger partial charge in [-0.25, -0.2) is 0 Å². The number of halogens is 1. The topological polar surface area (TPSA) is 107 Å². The van der Waals surface area contributed by atoms with Crippen molar-refractivity contribution in [2.24, 2.45) is 0 Å². The Bertz CT molecular complexity index is 1020. The van der Waals surface area contributed by atoms with Crippen molar-refractivity contribution in [3.05, 3.63) is 62.2 Å². The van der Waals surface area contributed by atoms with Gasteiger partial charge in [0.2, 0.25) is 0 Å². The maximum absolute atomic E-state index is 11.6. The first-order chi connectivity index (χ1) is 15.0. The third kappa shape index (κ3) is 7.31. The van der Waals surface area contributed by atoms with Gasteiger partial charge < -0.3 is 30.6 Å². The fourth-order valence-corrected chi connectivity index (χ4v) is 4.38. The number of rotatable bonds is 13. The van der Waals surface area contributed by atoms with E-state index in [0.29, 0.717) is 42.1 Å². The molecule has 1 atom stereocenters. The van der Waals surface area contributed by atoms with Crippen LogP contribution in [0.5, 0.6) is 5.75 Å². The first kappa shape index (κ1) is 23.7. The first-order valence-corrected chi connectivity index (χ1v) is 11.5. The largest absolute Gasteiger partial charge is 0.506 e. The van der Waals surface area contributed by atoms with E-state index in [0.717, 1.165) is 42.3 Å². The zero-order chi connectivity index (χ0) is 22.1. The van der Waals surface area contributed by atoms with E-state index in [9.17, 15) is 15.0 Å². The number of nitrogens with one attached hydrogen (secondary N) is 3. The van der Waals surface area contributed by atoms with Crippen LogP contribution >= 0.6 is 22.9 Å². The Hall–Kier alpha value is -1.94. The molecule has 0 saturated heterocycles. The van der Waals surface area contributed by atoms with Gasteiger partial charge in [0.05, 0.1) is 17.4 Å². The second kappa shape index (κ2) is 12.2. The number of aliphatic hydroxyl groups excluding tert-OH is 1. The summed E-state index contributed by atoms with van der Waals surface area (Å²) in [5, 5.41) is 27.6. The van der Waals surface area contributed by atoms with Gasteiger partial charge in [-0.1, -0.05) is 41.1 Å². The molecular weight excluding hydrogens is 438 g/mol. The highest BCUT2D eigenvalue weighted by atomic mass is 35.5. The number of hydrogen-bond donors (Lipinski definition) is 5. The minimum Gasteiger partial charge on any atom is -0.506 e. The molecule has 0 fully saturated rings. The second-order valence-electron chi connectivity index (χ2n) is 7.21. The van der Waals surface area contributed by atoms with Crippen LogP contribution in [-0.2, 0) is 11.2 Å². The Morgan fingerprint density at radius 3 is 2.84 bits per heavy atom. The summed E-state index contributed by atoms with van der Waals surface area (Å²) in [6.45, 7) is 4.03. The van der Waals surface area contributed by atoms with Gasteiger partial charge in [0.25, 0.3) is 0 Å². The van der Waals surface area contributed by atoms with Crippen molar-refractivity contribution in [3.63, 3.8) is 0 Å². The summed E-state index contributed by atoms with van der Waals surface area (Å²) in [4.78, 5) is 13.9. The van der Waals surface area contributed by atoms with Crippen LogP contribution in [0.15, 0.2) is 41.2 Å². The summed E-state index contributed by atoms with van der Waals surface area (Å²) in [5.74, 6) is 0.00774. The minimum atomic E-state index is -0.765. The highest BCUT2D eigenvalue weighted by Gasteiger charge is 2.15. The number of aromatic hydroxyl groups is 1. The molecule has 1 aromatic heterocycles. The van der Waals surface area contributed by atoms with Crippen molar-refractivity contribution in [1.82, 2.24) is 15.6 Å². The Morgan fingerprint density at radius 1 is 1.13 bits per heavy atom. The number of ether oxygens (including phenoxy) is 1. The first-order valence-electron chi connectivity index (χ1n) is 10.3. The van der Waals surface area contributed by atoms with Gasteiger partial charge in [-0.15, -0.1) is 0 Å². The summed E-state index contributed by atoms with van der Waals surface area (Å²) >= 11 is 6.96. The van der Waals surface area contributed by atoms with E-state index in [2.05, 4.69) is 21.7 Å². The number of phenolic OH excluding ortho intramolecular Hbond substituents is 1. The summed E-state index contributed by atoms with van der Waals surface area (Å²) in [6.07, 6.45) is 0.997. The number of benzene rings is 2. The molecule has 5 N–H and O–H groups in total. The van der Waals surface area contributed by atoms with Crippen LogP contribution in [0.2, 0.25) is 5.02 Å². The molecule has 0 aliphatic heterocycles. The Labute approximate surface area is 190 Å². The molecule has 7 nitrogen and oxygen atoms in total. The number of hydrogen-bond acceptors (Lipinski definition) is 7. The molecule has 0 aliphatic rings. The molecule has 0 unspecified atom stereocenters. The van der Waals surface area contributed by atoms with Crippen molar-refractivity contribution in [1.29, 1.82) is 0 Å². The Morgan fingerprint density at radius 2 is 2.00 bits per heavy atom. The maximum Gasteiger partial charge on any atom is 0.305 e. The molecule has 0 spiro atoms. The summed E-state index contributed by atoms with van der Waals surface area (Å²) in [7, 11) is 0. The number of aromatic nitrogens is 1. The van der Waals surface area contributed by atoms with Crippen molar-refractivity contribution >= 4 is 33.2 Å². The van der Waals surface area contributed by atoms with E-state index in [1.807, 2.05) is 18.2 Å². The normalized spacial score (nSPS) is 12.5. The molecule has 168 valence electrons. The van der Waals surface area contributed by atoms with Gasteiger partial charge in [-0.3, -0.25) is 4.79 Å². The molecule has 0 radical (unpaired) electrons. The maximum atomic E-state index is 11.6. The number of H-pyrrole nitrogens is 1. The van der Waals surface area contributed by atoms with Gasteiger partial charge in [0.1, 0.15) is 11.3 Å². The van der Waals surface area contributed by atoms with Crippen LogP contribution in [0.25, 0.3) is 10.2 Å². The standard InChI is InChI=1S/C22H28ClN3O4S/c23-16-4-1-3-15(13-16)7-9-24-10-12-30-11-2-8-25-14-19(28)17-5-6-18(27)20-21(17)31-22(29)26-20/h1,3-6,13,19,24-25,27-28H,2,7-12,14H2,(H,26,29)/t19-/m0/s1. The number of aliphatic hydroxyl groups is 1. The molecule has 3 rings (SSSR count). The van der Waals surface area contributed by atoms with Gasteiger partial charge in [-0.2, -0.15) is 0 Å². The fourth-order valence-electron chi connectivity index (χ4n) is 3.25. The second-order valence-corrected chi connectivity index (χ2v) is 8.63. The number of aromatic amines is 1. The van der Waals surface area contributed by atoms with Gasteiger partial charge in [-0.05, 0) is 49.7 Å². The van der Waals surface area contributed by atoms with E-state index in [4.69, 9.17) is 16.3 Å². The van der Waals surface area contributed by atoms with Crippen molar-refractivity contribution < 1.29 is 14.9 Å². The third-order valence-electron chi connectivity index (χ3n) is 4.83. The Balaban J connectivity index is 1.23. The predicted molar refractivity (Wildman–Crippen MR) is 125 cm³/mol. The average Bonchev–Trinajstić information content (AvgIpc) is 3.14. The predicted octanol–water partition coefficient (Wildman–Crippen LogP) is 2.81. The molecule has 1 heterocycles. The van der Waals surface area contributed by atoms with Crippen LogP contribution in [0.3, 0.4) is 0 Å². The van der Waals surface area contributed by atoms with E-state index in [1.165, 1.54) is 11.6 Å². The monoisotopic (exact) mass is 465 g/mol. The van der Waals surface area contributed by atoms with Crippen LogP contribution in [-0.4, -0.2) is 54.6 Å². The molecule has 31 heavy (non-hydrogen) atoms.